The zero-order valence-corrected chi connectivity index (χ0v) is 15.3. The molecule has 0 spiro atoms. The van der Waals surface area contributed by atoms with E-state index < -0.39 is 0 Å². The van der Waals surface area contributed by atoms with E-state index in [0.717, 1.165) is 35.7 Å². The summed E-state index contributed by atoms with van der Waals surface area (Å²) in [7, 11) is 0. The van der Waals surface area contributed by atoms with E-state index in [-0.39, 0.29) is 23.1 Å². The van der Waals surface area contributed by atoms with Crippen molar-refractivity contribution in [1.29, 1.82) is 0 Å². The molecule has 0 atom stereocenters. The van der Waals surface area contributed by atoms with Crippen molar-refractivity contribution < 1.29 is 4.79 Å². The molecular formula is C16H20N4O2S2. The van der Waals surface area contributed by atoms with Crippen LogP contribution in [0.25, 0.3) is 0 Å². The first-order chi connectivity index (χ1) is 11.5. The molecule has 0 aliphatic heterocycles. The minimum atomic E-state index is -0.386. The van der Waals surface area contributed by atoms with E-state index in [4.69, 9.17) is 0 Å². The number of carbonyl (C=O) groups excluding carboxylic acids is 1. The molecule has 1 amide bonds. The van der Waals surface area contributed by atoms with Crippen LogP contribution < -0.4 is 10.9 Å². The Kier molecular flexibility index (Phi) is 5.35. The maximum absolute atomic E-state index is 12.2. The third-order valence-corrected chi connectivity index (χ3v) is 6.47. The second kappa shape index (κ2) is 7.48. The summed E-state index contributed by atoms with van der Waals surface area (Å²) in [4.78, 5) is 35.1. The predicted molar refractivity (Wildman–Crippen MR) is 95.8 cm³/mol. The number of H-pyrrole nitrogens is 1. The molecule has 0 unspecified atom stereocenters. The fourth-order valence-electron chi connectivity index (χ4n) is 2.76. The second-order valence-corrected chi connectivity index (χ2v) is 8.44. The Labute approximate surface area is 148 Å². The molecule has 3 rings (SSSR count). The van der Waals surface area contributed by atoms with Crippen LogP contribution in [0.4, 0.5) is 0 Å². The number of carbonyl (C=O) groups is 1. The molecule has 6 nitrogen and oxygen atoms in total. The standard InChI is InChI=1S/C16H20N4O2S2/c1-9-8-23-16(18-9)24-12-5-3-11(4-6-12)20-15(22)13-7-17-10(2)19-14(13)21/h7-8,11-12H,3-6H2,1-2H3,(H,20,22)(H,17,19,21). The maximum atomic E-state index is 12.2. The molecule has 128 valence electrons. The molecule has 1 saturated carbocycles. The summed E-state index contributed by atoms with van der Waals surface area (Å²) in [6.07, 6.45) is 5.26. The van der Waals surface area contributed by atoms with Gasteiger partial charge in [0, 0.05) is 28.6 Å². The molecule has 2 N–H and O–H groups in total. The highest BCUT2D eigenvalue weighted by Crippen LogP contribution is 2.35. The van der Waals surface area contributed by atoms with Gasteiger partial charge in [0.05, 0.1) is 0 Å². The molecule has 1 aliphatic carbocycles. The number of thioether (sulfide) groups is 1. The van der Waals surface area contributed by atoms with Crippen molar-refractivity contribution in [3.63, 3.8) is 0 Å². The first-order valence-corrected chi connectivity index (χ1v) is 9.73. The highest BCUT2D eigenvalue weighted by molar-refractivity contribution is 8.01. The quantitative estimate of drug-likeness (QED) is 0.871. The number of rotatable bonds is 4. The summed E-state index contributed by atoms with van der Waals surface area (Å²) in [5, 5.41) is 5.58. The number of amides is 1. The minimum absolute atomic E-state index is 0.0790. The number of thiazole rings is 1. The van der Waals surface area contributed by atoms with Crippen molar-refractivity contribution >= 4 is 29.0 Å². The Hall–Kier alpha value is -1.67. The third kappa shape index (κ3) is 4.24. The van der Waals surface area contributed by atoms with Gasteiger partial charge in [-0.2, -0.15) is 0 Å². The molecule has 0 aromatic carbocycles. The average molecular weight is 364 g/mol. The smallest absolute Gasteiger partial charge is 0.263 e. The van der Waals surface area contributed by atoms with Crippen LogP contribution >= 0.6 is 23.1 Å². The Morgan fingerprint density at radius 2 is 2.08 bits per heavy atom. The third-order valence-electron chi connectivity index (χ3n) is 4.05. The van der Waals surface area contributed by atoms with E-state index in [2.05, 4.69) is 25.6 Å². The van der Waals surface area contributed by atoms with Crippen LogP contribution in [0.5, 0.6) is 0 Å². The first-order valence-electron chi connectivity index (χ1n) is 7.97. The Morgan fingerprint density at radius 1 is 1.33 bits per heavy atom. The van der Waals surface area contributed by atoms with Gasteiger partial charge in [0.1, 0.15) is 15.7 Å². The van der Waals surface area contributed by atoms with Crippen molar-refractivity contribution in [3.05, 3.63) is 39.0 Å². The number of aryl methyl sites for hydroxylation is 2. The van der Waals surface area contributed by atoms with Crippen LogP contribution in [0.3, 0.4) is 0 Å². The second-order valence-electron chi connectivity index (χ2n) is 6.03. The lowest BCUT2D eigenvalue weighted by Gasteiger charge is -2.28. The molecule has 0 saturated heterocycles. The van der Waals surface area contributed by atoms with Crippen LogP contribution in [0.15, 0.2) is 20.7 Å². The molecular weight excluding hydrogens is 344 g/mol. The van der Waals surface area contributed by atoms with Gasteiger partial charge in [-0.15, -0.1) is 11.3 Å². The van der Waals surface area contributed by atoms with Crippen LogP contribution in [-0.2, 0) is 0 Å². The van der Waals surface area contributed by atoms with E-state index in [0.29, 0.717) is 11.1 Å². The summed E-state index contributed by atoms with van der Waals surface area (Å²) < 4.78 is 1.12. The van der Waals surface area contributed by atoms with Crippen molar-refractivity contribution in [1.82, 2.24) is 20.3 Å². The van der Waals surface area contributed by atoms with Gasteiger partial charge in [-0.25, -0.2) is 9.97 Å². The number of hydrogen-bond donors (Lipinski definition) is 2. The highest BCUT2D eigenvalue weighted by Gasteiger charge is 2.25. The highest BCUT2D eigenvalue weighted by atomic mass is 32.2. The van der Waals surface area contributed by atoms with Gasteiger partial charge >= 0.3 is 0 Å². The Morgan fingerprint density at radius 3 is 2.71 bits per heavy atom. The lowest BCUT2D eigenvalue weighted by Crippen LogP contribution is -2.40. The number of nitrogens with one attached hydrogen (secondary N) is 2. The number of nitrogens with zero attached hydrogens (tertiary/aromatic N) is 2. The molecule has 24 heavy (non-hydrogen) atoms. The fraction of sp³-hybridized carbons (Fsp3) is 0.500. The summed E-state index contributed by atoms with van der Waals surface area (Å²) in [6.45, 7) is 3.70. The largest absolute Gasteiger partial charge is 0.349 e. The van der Waals surface area contributed by atoms with Crippen molar-refractivity contribution in [2.24, 2.45) is 0 Å². The first kappa shape index (κ1) is 17.2. The van der Waals surface area contributed by atoms with Gasteiger partial charge in [-0.1, -0.05) is 11.8 Å². The van der Waals surface area contributed by atoms with Crippen LogP contribution in [0, 0.1) is 13.8 Å². The minimum Gasteiger partial charge on any atom is -0.349 e. The lowest BCUT2D eigenvalue weighted by atomic mass is 9.95. The molecule has 0 radical (unpaired) electrons. The Bertz CT molecular complexity index is 778. The lowest BCUT2D eigenvalue weighted by molar-refractivity contribution is 0.0926. The summed E-state index contributed by atoms with van der Waals surface area (Å²) in [6, 6.07) is 0.119. The molecule has 2 aromatic rings. The van der Waals surface area contributed by atoms with Gasteiger partial charge in [0.15, 0.2) is 0 Å². The fourth-order valence-corrected chi connectivity index (χ4v) is 5.05. The van der Waals surface area contributed by atoms with Gasteiger partial charge in [0.2, 0.25) is 0 Å². The molecule has 1 fully saturated rings. The van der Waals surface area contributed by atoms with Crippen LogP contribution in [0.1, 0.15) is 47.6 Å². The molecule has 1 aliphatic rings. The molecule has 0 bridgehead atoms. The van der Waals surface area contributed by atoms with Crippen LogP contribution in [0.2, 0.25) is 0 Å². The Balaban J connectivity index is 1.51. The van der Waals surface area contributed by atoms with E-state index in [9.17, 15) is 9.59 Å². The molecule has 2 aromatic heterocycles. The van der Waals surface area contributed by atoms with E-state index in [1.54, 1.807) is 18.3 Å². The maximum Gasteiger partial charge on any atom is 0.263 e. The summed E-state index contributed by atoms with van der Waals surface area (Å²) in [5.41, 5.74) is 0.763. The normalized spacial score (nSPS) is 20.8. The SMILES string of the molecule is Cc1csc(SC2CCC(NC(=O)c3cnc(C)[nH]c3=O)CC2)n1. The van der Waals surface area contributed by atoms with Gasteiger partial charge < -0.3 is 10.3 Å². The summed E-state index contributed by atoms with van der Waals surface area (Å²) in [5.74, 6) is 0.168. The van der Waals surface area contributed by atoms with Crippen molar-refractivity contribution in [2.45, 2.75) is 55.2 Å². The zero-order chi connectivity index (χ0) is 17.1. The molecule has 8 heteroatoms. The van der Waals surface area contributed by atoms with Crippen molar-refractivity contribution in [2.75, 3.05) is 0 Å². The van der Waals surface area contributed by atoms with E-state index in [1.165, 1.54) is 6.20 Å². The van der Waals surface area contributed by atoms with E-state index >= 15 is 0 Å². The summed E-state index contributed by atoms with van der Waals surface area (Å²) >= 11 is 3.53. The number of aromatic nitrogens is 3. The topological polar surface area (TPSA) is 87.7 Å². The molecule has 2 heterocycles. The average Bonchev–Trinajstić information content (AvgIpc) is 2.94. The van der Waals surface area contributed by atoms with Crippen molar-refractivity contribution in [3.8, 4) is 0 Å². The van der Waals surface area contributed by atoms with Crippen LogP contribution in [-0.4, -0.2) is 32.2 Å². The zero-order valence-electron chi connectivity index (χ0n) is 13.7. The number of aromatic amines is 1. The van der Waals surface area contributed by atoms with Gasteiger partial charge in [0.25, 0.3) is 11.5 Å². The van der Waals surface area contributed by atoms with E-state index in [1.807, 2.05) is 18.7 Å². The van der Waals surface area contributed by atoms with Gasteiger partial charge in [-0.3, -0.25) is 9.59 Å². The number of hydrogen-bond acceptors (Lipinski definition) is 6. The predicted octanol–water partition coefficient (Wildman–Crippen LogP) is 2.68. The van der Waals surface area contributed by atoms with Gasteiger partial charge in [-0.05, 0) is 39.5 Å². The monoisotopic (exact) mass is 364 g/mol.